The summed E-state index contributed by atoms with van der Waals surface area (Å²) in [6.45, 7) is 10.2. The molecule has 0 spiro atoms. The molecular weight excluding hydrogens is 366 g/mol. The van der Waals surface area contributed by atoms with E-state index in [1.165, 1.54) is 6.92 Å². The monoisotopic (exact) mass is 391 g/mol. The molecule has 146 valence electrons. The molecule has 1 amide bonds. The van der Waals surface area contributed by atoms with Crippen LogP contribution in [0, 0.1) is 19.8 Å². The van der Waals surface area contributed by atoms with Crippen molar-refractivity contribution in [3.05, 3.63) is 51.8 Å². The smallest absolute Gasteiger partial charge is 0.343 e. The van der Waals surface area contributed by atoms with Crippen LogP contribution < -0.4 is 5.32 Å². The number of amides is 1. The molecule has 1 atom stereocenters. The van der Waals surface area contributed by atoms with E-state index in [0.717, 1.165) is 11.1 Å². The van der Waals surface area contributed by atoms with Crippen molar-refractivity contribution in [3.63, 3.8) is 0 Å². The second kappa shape index (κ2) is 9.04. The van der Waals surface area contributed by atoms with E-state index in [2.05, 4.69) is 10.4 Å². The summed E-state index contributed by atoms with van der Waals surface area (Å²) >= 11 is 6.37. The van der Waals surface area contributed by atoms with Crippen molar-refractivity contribution >= 4 is 23.5 Å². The molecule has 0 bridgehead atoms. The van der Waals surface area contributed by atoms with Gasteiger partial charge in [0.05, 0.1) is 12.2 Å². The molecular formula is C20H26ClN3O3. The van der Waals surface area contributed by atoms with Gasteiger partial charge in [-0.2, -0.15) is 5.10 Å². The highest BCUT2D eigenvalue weighted by atomic mass is 35.5. The van der Waals surface area contributed by atoms with Crippen LogP contribution in [0.15, 0.2) is 24.3 Å². The van der Waals surface area contributed by atoms with Gasteiger partial charge in [-0.15, -0.1) is 0 Å². The second-order valence-electron chi connectivity index (χ2n) is 7.08. The van der Waals surface area contributed by atoms with E-state index in [9.17, 15) is 9.59 Å². The van der Waals surface area contributed by atoms with Crippen LogP contribution in [0.25, 0.3) is 0 Å². The van der Waals surface area contributed by atoms with Crippen LogP contribution in [0.4, 0.5) is 0 Å². The first-order chi connectivity index (χ1) is 12.7. The van der Waals surface area contributed by atoms with E-state index in [1.807, 2.05) is 45.0 Å². The number of halogens is 1. The van der Waals surface area contributed by atoms with E-state index in [4.69, 9.17) is 16.3 Å². The van der Waals surface area contributed by atoms with Gasteiger partial charge in [0, 0.05) is 6.54 Å². The fraction of sp³-hybridized carbons (Fsp3) is 0.450. The van der Waals surface area contributed by atoms with Crippen molar-refractivity contribution in [2.24, 2.45) is 5.92 Å². The highest BCUT2D eigenvalue weighted by Crippen LogP contribution is 2.22. The van der Waals surface area contributed by atoms with Crippen molar-refractivity contribution in [1.82, 2.24) is 15.1 Å². The second-order valence-corrected chi connectivity index (χ2v) is 7.44. The Labute approximate surface area is 164 Å². The first-order valence-electron chi connectivity index (χ1n) is 8.96. The molecule has 2 rings (SSSR count). The number of hydrogen-bond donors (Lipinski definition) is 1. The quantitative estimate of drug-likeness (QED) is 0.733. The van der Waals surface area contributed by atoms with Crippen LogP contribution in [0.1, 0.15) is 48.0 Å². The van der Waals surface area contributed by atoms with Crippen molar-refractivity contribution in [3.8, 4) is 0 Å². The zero-order chi connectivity index (χ0) is 20.1. The van der Waals surface area contributed by atoms with Crippen LogP contribution >= 0.6 is 11.6 Å². The molecule has 1 heterocycles. The average molecular weight is 392 g/mol. The normalized spacial score (nSPS) is 12.1. The number of carbonyl (C=O) groups is 2. The Morgan fingerprint density at radius 1 is 1.19 bits per heavy atom. The minimum atomic E-state index is -0.910. The van der Waals surface area contributed by atoms with E-state index in [0.29, 0.717) is 24.7 Å². The lowest BCUT2D eigenvalue weighted by atomic mass is 10.1. The van der Waals surface area contributed by atoms with E-state index in [1.54, 1.807) is 11.6 Å². The molecule has 0 saturated heterocycles. The van der Waals surface area contributed by atoms with E-state index < -0.39 is 12.1 Å². The molecule has 0 saturated carbocycles. The highest BCUT2D eigenvalue weighted by Gasteiger charge is 2.25. The summed E-state index contributed by atoms with van der Waals surface area (Å²) in [4.78, 5) is 24.5. The summed E-state index contributed by atoms with van der Waals surface area (Å²) in [5.74, 6) is -0.675. The SMILES string of the molecule is Cc1ccc(Cn2nc(C)c(C(=O)O[C@@H](C)C(=O)NCC(C)C)c2Cl)cc1. The highest BCUT2D eigenvalue weighted by molar-refractivity contribution is 6.32. The van der Waals surface area contributed by atoms with Gasteiger partial charge in [-0.25, -0.2) is 9.48 Å². The molecule has 1 aromatic carbocycles. The van der Waals surface area contributed by atoms with Gasteiger partial charge in [0.1, 0.15) is 10.7 Å². The van der Waals surface area contributed by atoms with Gasteiger partial charge in [0.2, 0.25) is 0 Å². The molecule has 2 aromatic rings. The Balaban J connectivity index is 2.09. The molecule has 0 aliphatic rings. The maximum absolute atomic E-state index is 12.5. The Morgan fingerprint density at radius 3 is 2.41 bits per heavy atom. The largest absolute Gasteiger partial charge is 0.449 e. The molecule has 0 aliphatic carbocycles. The van der Waals surface area contributed by atoms with Crippen LogP contribution in [0.3, 0.4) is 0 Å². The Bertz CT molecular complexity index is 813. The first kappa shape index (κ1) is 21.0. The Morgan fingerprint density at radius 2 is 1.81 bits per heavy atom. The number of aryl methyl sites for hydroxylation is 2. The third kappa shape index (κ3) is 5.57. The number of aromatic nitrogens is 2. The summed E-state index contributed by atoms with van der Waals surface area (Å²) in [5.41, 5.74) is 2.83. The van der Waals surface area contributed by atoms with Crippen LogP contribution in [0.5, 0.6) is 0 Å². The number of benzene rings is 1. The molecule has 6 nitrogen and oxygen atoms in total. The van der Waals surface area contributed by atoms with Crippen molar-refractivity contribution in [2.75, 3.05) is 6.54 Å². The van der Waals surface area contributed by atoms with Gasteiger partial charge in [-0.05, 0) is 32.3 Å². The number of esters is 1. The van der Waals surface area contributed by atoms with Gasteiger partial charge in [0.25, 0.3) is 5.91 Å². The minimum absolute atomic E-state index is 0.187. The minimum Gasteiger partial charge on any atom is -0.449 e. The lowest BCUT2D eigenvalue weighted by Gasteiger charge is -2.14. The molecule has 1 aromatic heterocycles. The maximum atomic E-state index is 12.5. The lowest BCUT2D eigenvalue weighted by molar-refractivity contribution is -0.129. The first-order valence-corrected chi connectivity index (χ1v) is 9.34. The molecule has 0 fully saturated rings. The predicted octanol–water partition coefficient (Wildman–Crippen LogP) is 3.52. The standard InChI is InChI=1S/C20H26ClN3O3/c1-12(2)10-22-19(25)15(5)27-20(26)17-14(4)23-24(18(17)21)11-16-8-6-13(3)7-9-16/h6-9,12,15H,10-11H2,1-5H3,(H,22,25)/t15-/m0/s1. The number of rotatable bonds is 7. The number of hydrogen-bond acceptors (Lipinski definition) is 4. The van der Waals surface area contributed by atoms with Gasteiger partial charge >= 0.3 is 5.97 Å². The third-order valence-corrected chi connectivity index (χ3v) is 4.44. The zero-order valence-corrected chi connectivity index (χ0v) is 17.1. The Hall–Kier alpha value is -2.34. The number of nitrogens with zero attached hydrogens (tertiary/aromatic N) is 2. The molecule has 0 unspecified atom stereocenters. The number of carbonyl (C=O) groups excluding carboxylic acids is 2. The predicted molar refractivity (Wildman–Crippen MR) is 105 cm³/mol. The molecule has 27 heavy (non-hydrogen) atoms. The topological polar surface area (TPSA) is 73.2 Å². The van der Waals surface area contributed by atoms with Crippen LogP contribution in [-0.4, -0.2) is 34.3 Å². The third-order valence-electron chi connectivity index (χ3n) is 4.06. The van der Waals surface area contributed by atoms with E-state index >= 15 is 0 Å². The summed E-state index contributed by atoms with van der Waals surface area (Å²) in [6, 6.07) is 7.99. The summed E-state index contributed by atoms with van der Waals surface area (Å²) in [6.07, 6.45) is -0.910. The van der Waals surface area contributed by atoms with E-state index in [-0.39, 0.29) is 16.6 Å². The van der Waals surface area contributed by atoms with Crippen molar-refractivity contribution in [1.29, 1.82) is 0 Å². The van der Waals surface area contributed by atoms with Gasteiger partial charge in [-0.3, -0.25) is 4.79 Å². The molecule has 7 heteroatoms. The number of ether oxygens (including phenoxy) is 1. The van der Waals surface area contributed by atoms with Gasteiger partial charge in [-0.1, -0.05) is 55.3 Å². The van der Waals surface area contributed by atoms with Crippen LogP contribution in [0.2, 0.25) is 5.15 Å². The Kier molecular flexibility index (Phi) is 7.02. The molecule has 0 radical (unpaired) electrons. The van der Waals surface area contributed by atoms with Crippen molar-refractivity contribution in [2.45, 2.75) is 47.3 Å². The maximum Gasteiger partial charge on any atom is 0.343 e. The number of nitrogens with one attached hydrogen (secondary N) is 1. The van der Waals surface area contributed by atoms with Gasteiger partial charge < -0.3 is 10.1 Å². The molecule has 1 N–H and O–H groups in total. The lowest BCUT2D eigenvalue weighted by Crippen LogP contribution is -2.37. The summed E-state index contributed by atoms with van der Waals surface area (Å²) < 4.78 is 6.84. The summed E-state index contributed by atoms with van der Waals surface area (Å²) in [5, 5.41) is 7.29. The summed E-state index contributed by atoms with van der Waals surface area (Å²) in [7, 11) is 0. The average Bonchev–Trinajstić information content (AvgIpc) is 2.88. The van der Waals surface area contributed by atoms with Crippen molar-refractivity contribution < 1.29 is 14.3 Å². The van der Waals surface area contributed by atoms with Gasteiger partial charge in [0.15, 0.2) is 6.10 Å². The fourth-order valence-corrected chi connectivity index (χ4v) is 2.79. The zero-order valence-electron chi connectivity index (χ0n) is 16.4. The van der Waals surface area contributed by atoms with Crippen LogP contribution in [-0.2, 0) is 16.1 Å². The molecule has 0 aliphatic heterocycles. The fourth-order valence-electron chi connectivity index (χ4n) is 2.48.